The van der Waals surface area contributed by atoms with E-state index >= 15 is 0 Å². The van der Waals surface area contributed by atoms with Gasteiger partial charge in [0.1, 0.15) is 0 Å². The molecule has 1 atom stereocenters. The number of hydrogen-bond acceptors (Lipinski definition) is 2. The Morgan fingerprint density at radius 3 is 2.12 bits per heavy atom. The van der Waals surface area contributed by atoms with Gasteiger partial charge in [0.15, 0.2) is 0 Å². The molecular formula is C13H28N2O. The maximum Gasteiger partial charge on any atom is 0.242 e. The molecular weight excluding hydrogens is 200 g/mol. The molecule has 3 heteroatoms. The molecule has 0 aromatic carbocycles. The largest absolute Gasteiger partial charge is 0.338 e. The Labute approximate surface area is 100 Å². The van der Waals surface area contributed by atoms with Gasteiger partial charge in [-0.1, -0.05) is 27.2 Å². The number of hydrogen-bond donors (Lipinski definition) is 1. The molecule has 1 amide bonds. The van der Waals surface area contributed by atoms with E-state index in [1.165, 1.54) is 0 Å². The monoisotopic (exact) mass is 228 g/mol. The van der Waals surface area contributed by atoms with E-state index in [9.17, 15) is 4.79 Å². The molecule has 0 aromatic heterocycles. The van der Waals surface area contributed by atoms with Crippen molar-refractivity contribution in [2.45, 2.75) is 66.0 Å². The summed E-state index contributed by atoms with van der Waals surface area (Å²) >= 11 is 0. The lowest BCUT2D eigenvalue weighted by molar-refractivity contribution is -0.139. The van der Waals surface area contributed by atoms with Crippen molar-refractivity contribution in [3.8, 4) is 0 Å². The molecule has 0 heterocycles. The lowest BCUT2D eigenvalue weighted by atomic mass is 9.94. The average Bonchev–Trinajstić information content (AvgIpc) is 2.12. The maximum absolute atomic E-state index is 12.3. The third-order valence-electron chi connectivity index (χ3n) is 2.70. The number of carbonyl (C=O) groups is 1. The number of rotatable bonds is 6. The van der Waals surface area contributed by atoms with Crippen LogP contribution in [-0.4, -0.2) is 28.9 Å². The van der Waals surface area contributed by atoms with Gasteiger partial charge in [0.25, 0.3) is 0 Å². The third-order valence-corrected chi connectivity index (χ3v) is 2.70. The number of nitrogens with two attached hydrogens (primary N) is 1. The van der Waals surface area contributed by atoms with Crippen LogP contribution in [0.15, 0.2) is 0 Å². The summed E-state index contributed by atoms with van der Waals surface area (Å²) in [5, 5.41) is 0. The molecule has 3 nitrogen and oxygen atoms in total. The Balaban J connectivity index is 4.73. The Kier molecular flexibility index (Phi) is 6.01. The second-order valence-corrected chi connectivity index (χ2v) is 5.61. The van der Waals surface area contributed by atoms with E-state index < -0.39 is 5.54 Å². The molecule has 0 aromatic rings. The highest BCUT2D eigenvalue weighted by Gasteiger charge is 2.33. The molecule has 0 saturated carbocycles. The van der Waals surface area contributed by atoms with Crippen LogP contribution in [0.1, 0.15) is 54.4 Å². The Morgan fingerprint density at radius 1 is 1.31 bits per heavy atom. The van der Waals surface area contributed by atoms with Gasteiger partial charge >= 0.3 is 0 Å². The van der Waals surface area contributed by atoms with Crippen molar-refractivity contribution in [1.82, 2.24) is 4.90 Å². The molecule has 16 heavy (non-hydrogen) atoms. The van der Waals surface area contributed by atoms with Crippen LogP contribution < -0.4 is 5.73 Å². The van der Waals surface area contributed by atoms with E-state index in [-0.39, 0.29) is 11.9 Å². The van der Waals surface area contributed by atoms with Crippen LogP contribution in [0.4, 0.5) is 0 Å². The Hall–Kier alpha value is -0.570. The smallest absolute Gasteiger partial charge is 0.242 e. The Bertz CT molecular complexity index is 222. The predicted octanol–water partition coefficient (Wildman–Crippen LogP) is 2.40. The quantitative estimate of drug-likeness (QED) is 0.759. The highest BCUT2D eigenvalue weighted by molar-refractivity contribution is 5.85. The van der Waals surface area contributed by atoms with E-state index in [2.05, 4.69) is 20.8 Å². The van der Waals surface area contributed by atoms with Gasteiger partial charge in [-0.2, -0.15) is 0 Å². The van der Waals surface area contributed by atoms with E-state index in [0.717, 1.165) is 19.4 Å². The number of amides is 1. The van der Waals surface area contributed by atoms with Gasteiger partial charge in [-0.25, -0.2) is 0 Å². The fraction of sp³-hybridized carbons (Fsp3) is 0.923. The minimum atomic E-state index is -0.714. The van der Waals surface area contributed by atoms with Crippen LogP contribution in [0.25, 0.3) is 0 Å². The first kappa shape index (κ1) is 15.4. The lowest BCUT2D eigenvalue weighted by Crippen LogP contribution is -2.55. The fourth-order valence-electron chi connectivity index (χ4n) is 1.88. The van der Waals surface area contributed by atoms with Crippen molar-refractivity contribution in [3.63, 3.8) is 0 Å². The standard InChI is InChI=1S/C13H28N2O/c1-7-8-13(6,14)12(16)15(11(4)5)9-10(2)3/h10-11H,7-9,14H2,1-6H3. The summed E-state index contributed by atoms with van der Waals surface area (Å²) in [6.07, 6.45) is 1.68. The van der Waals surface area contributed by atoms with Crippen LogP contribution >= 0.6 is 0 Å². The molecule has 0 rings (SSSR count). The van der Waals surface area contributed by atoms with Crippen molar-refractivity contribution in [2.75, 3.05) is 6.54 Å². The molecule has 0 bridgehead atoms. The van der Waals surface area contributed by atoms with Gasteiger partial charge in [0.2, 0.25) is 5.91 Å². The topological polar surface area (TPSA) is 46.3 Å². The van der Waals surface area contributed by atoms with Crippen molar-refractivity contribution < 1.29 is 4.79 Å². The molecule has 0 aliphatic rings. The van der Waals surface area contributed by atoms with Crippen LogP contribution in [0, 0.1) is 5.92 Å². The molecule has 0 aliphatic heterocycles. The van der Waals surface area contributed by atoms with E-state index in [1.54, 1.807) is 0 Å². The molecule has 0 fully saturated rings. The summed E-state index contributed by atoms with van der Waals surface area (Å²) < 4.78 is 0. The molecule has 2 N–H and O–H groups in total. The minimum Gasteiger partial charge on any atom is -0.338 e. The van der Waals surface area contributed by atoms with Gasteiger partial charge in [-0.15, -0.1) is 0 Å². The predicted molar refractivity (Wildman–Crippen MR) is 69.2 cm³/mol. The normalized spacial score (nSPS) is 15.3. The number of nitrogens with zero attached hydrogens (tertiary/aromatic N) is 1. The summed E-state index contributed by atoms with van der Waals surface area (Å²) in [6.45, 7) is 13.0. The summed E-state index contributed by atoms with van der Waals surface area (Å²) in [7, 11) is 0. The third kappa shape index (κ3) is 4.52. The van der Waals surface area contributed by atoms with Crippen LogP contribution in [0.5, 0.6) is 0 Å². The summed E-state index contributed by atoms with van der Waals surface area (Å²) in [5.74, 6) is 0.557. The highest BCUT2D eigenvalue weighted by Crippen LogP contribution is 2.16. The molecule has 0 radical (unpaired) electrons. The molecule has 96 valence electrons. The first-order valence-corrected chi connectivity index (χ1v) is 6.32. The van der Waals surface area contributed by atoms with Gasteiger partial charge in [-0.05, 0) is 33.1 Å². The minimum absolute atomic E-state index is 0.0815. The Morgan fingerprint density at radius 2 is 1.81 bits per heavy atom. The fourth-order valence-corrected chi connectivity index (χ4v) is 1.88. The average molecular weight is 228 g/mol. The highest BCUT2D eigenvalue weighted by atomic mass is 16.2. The van der Waals surface area contributed by atoms with Gasteiger partial charge in [0.05, 0.1) is 5.54 Å². The zero-order valence-electron chi connectivity index (χ0n) is 11.7. The first-order valence-electron chi connectivity index (χ1n) is 6.32. The van der Waals surface area contributed by atoms with Crippen molar-refractivity contribution in [2.24, 2.45) is 11.7 Å². The zero-order valence-corrected chi connectivity index (χ0v) is 11.7. The molecule has 1 unspecified atom stereocenters. The first-order chi connectivity index (χ1) is 7.22. The summed E-state index contributed by atoms with van der Waals surface area (Å²) in [5.41, 5.74) is 5.38. The van der Waals surface area contributed by atoms with E-state index in [0.29, 0.717) is 5.92 Å². The maximum atomic E-state index is 12.3. The molecule has 0 aliphatic carbocycles. The van der Waals surface area contributed by atoms with Gasteiger partial charge < -0.3 is 10.6 Å². The van der Waals surface area contributed by atoms with E-state index in [4.69, 9.17) is 5.73 Å². The molecule has 0 spiro atoms. The van der Waals surface area contributed by atoms with Crippen molar-refractivity contribution in [1.29, 1.82) is 0 Å². The number of carbonyl (C=O) groups excluding carboxylic acids is 1. The van der Waals surface area contributed by atoms with Crippen LogP contribution in [0.3, 0.4) is 0 Å². The second-order valence-electron chi connectivity index (χ2n) is 5.61. The zero-order chi connectivity index (χ0) is 12.9. The van der Waals surface area contributed by atoms with Crippen LogP contribution in [-0.2, 0) is 4.79 Å². The van der Waals surface area contributed by atoms with Crippen molar-refractivity contribution >= 4 is 5.91 Å². The summed E-state index contributed by atoms with van der Waals surface area (Å²) in [6, 6.07) is 0.217. The van der Waals surface area contributed by atoms with Gasteiger partial charge in [0, 0.05) is 12.6 Å². The van der Waals surface area contributed by atoms with E-state index in [1.807, 2.05) is 25.7 Å². The SMILES string of the molecule is CCCC(C)(N)C(=O)N(CC(C)C)C(C)C. The lowest BCUT2D eigenvalue weighted by Gasteiger charge is -2.35. The van der Waals surface area contributed by atoms with Gasteiger partial charge in [-0.3, -0.25) is 4.79 Å². The second kappa shape index (κ2) is 6.24. The summed E-state index contributed by atoms with van der Waals surface area (Å²) in [4.78, 5) is 14.2. The van der Waals surface area contributed by atoms with Crippen LogP contribution in [0.2, 0.25) is 0 Å². The molecule has 0 saturated heterocycles. The van der Waals surface area contributed by atoms with Crippen molar-refractivity contribution in [3.05, 3.63) is 0 Å².